The van der Waals surface area contributed by atoms with Crippen LogP contribution in [0.2, 0.25) is 0 Å². The normalized spacial score (nSPS) is 16.0. The molecule has 0 saturated heterocycles. The molecule has 624 valence electrons. The summed E-state index contributed by atoms with van der Waals surface area (Å²) in [6, 6.07) is 8.31. The lowest BCUT2D eigenvalue weighted by atomic mass is 9.74. The molecular formula is C92H144N8O12. The molecule has 1 aliphatic carbocycles. The number of hydrogen-bond donors (Lipinski definition) is 8. The van der Waals surface area contributed by atoms with E-state index in [-0.39, 0.29) is 101 Å². The highest BCUT2D eigenvalue weighted by Gasteiger charge is 2.42. The number of hydrogen-bond acceptors (Lipinski definition) is 12. The maximum Gasteiger partial charge on any atom is 0.315 e. The van der Waals surface area contributed by atoms with Crippen LogP contribution in [0.25, 0.3) is 0 Å². The van der Waals surface area contributed by atoms with Crippen LogP contribution < -0.4 is 80.4 Å². The van der Waals surface area contributed by atoms with E-state index in [0.29, 0.717) is 120 Å². The molecule has 112 heavy (non-hydrogen) atoms. The van der Waals surface area contributed by atoms with Gasteiger partial charge in [0.15, 0.2) is 0 Å². The number of benzene rings is 4. The van der Waals surface area contributed by atoms with Crippen LogP contribution in [-0.4, -0.2) is 77.5 Å². The Bertz CT molecular complexity index is 2970. The van der Waals surface area contributed by atoms with Crippen molar-refractivity contribution in [2.24, 2.45) is 0 Å². The van der Waals surface area contributed by atoms with Gasteiger partial charge in [-0.1, -0.05) is 261 Å². The topological polar surface area (TPSA) is 238 Å². The second-order valence-corrected chi connectivity index (χ2v) is 32.1. The van der Waals surface area contributed by atoms with Crippen molar-refractivity contribution in [1.82, 2.24) is 42.5 Å². The lowest BCUT2D eigenvalue weighted by molar-refractivity contribution is 0.0941. The highest BCUT2D eigenvalue weighted by molar-refractivity contribution is 5.78. The lowest BCUT2D eigenvalue weighted by Gasteiger charge is -2.38. The lowest BCUT2D eigenvalue weighted by Crippen LogP contribution is -2.36. The Morgan fingerprint density at radius 2 is 0.393 bits per heavy atom. The average Bonchev–Trinajstić information content (AvgIpc) is 0.725. The molecule has 8 bridgehead atoms. The van der Waals surface area contributed by atoms with Crippen molar-refractivity contribution in [3.63, 3.8) is 0 Å². The van der Waals surface area contributed by atoms with E-state index in [0.717, 1.165) is 199 Å². The van der Waals surface area contributed by atoms with Gasteiger partial charge in [0.05, 0.1) is 48.4 Å². The molecule has 0 atom stereocenters. The van der Waals surface area contributed by atoms with Gasteiger partial charge in [0.2, 0.25) is 27.2 Å². The number of unbranched alkanes of at least 4 members (excludes halogenated alkanes) is 28. The third kappa shape index (κ3) is 25.2. The number of amides is 8. The molecule has 4 aliphatic heterocycles. The summed E-state index contributed by atoms with van der Waals surface area (Å²) in [5.74, 6) is 3.11. The van der Waals surface area contributed by atoms with E-state index < -0.39 is 0 Å². The van der Waals surface area contributed by atoms with Crippen molar-refractivity contribution < 1.29 is 57.1 Å². The maximum atomic E-state index is 14.4. The minimum absolute atomic E-state index is 0.0657. The largest absolute Gasteiger partial charge is 0.457 e. The van der Waals surface area contributed by atoms with E-state index in [1.807, 2.05) is 0 Å². The first-order valence-corrected chi connectivity index (χ1v) is 44.9. The van der Waals surface area contributed by atoms with E-state index in [9.17, 15) is 19.2 Å². The van der Waals surface area contributed by atoms with E-state index in [4.69, 9.17) is 37.9 Å². The van der Waals surface area contributed by atoms with Crippen LogP contribution in [0.3, 0.4) is 0 Å². The van der Waals surface area contributed by atoms with Gasteiger partial charge in [0.1, 0.15) is 46.0 Å². The van der Waals surface area contributed by atoms with E-state index in [2.05, 4.69) is 122 Å². The van der Waals surface area contributed by atoms with Crippen molar-refractivity contribution in [3.8, 4) is 46.0 Å². The molecule has 0 unspecified atom stereocenters. The number of carbonyl (C=O) groups is 4. The standard InChI is InChI=1S/C92H144N8O12/c1-9-17-25-29-33-41-49-93-89(101)97-57-77-81-69-53-70-66(46-38-22-14-6)72-55-74-68(48-40-24-16-8)76-56-75-67(47-39-23-15-7)73-54-71(65(69)45-37-21-13-5)83(107-61-105-81)78(58-98-90(102)94-50-42-34-30-26-18-10-2)85(73)109-63-111-87(75)80(60-100-92(104)96-52-44-36-32-28-20-12-4)88(76)112-64-110-86(74)79(84(72)108-62-106-82(70)77)59-99-91(103)95-51-43-35-31-27-19-11-3/h53-56,65-68H,9-52,57-64H2,1-8H3,(H2,93,97,101)(H2,94,98,102)(H2,95,99,103)(H2,96,100,104). The summed E-state index contributed by atoms with van der Waals surface area (Å²) in [6.07, 6.45) is 40.4. The molecule has 0 saturated carbocycles. The van der Waals surface area contributed by atoms with Crippen molar-refractivity contribution >= 4 is 24.1 Å². The van der Waals surface area contributed by atoms with Crippen molar-refractivity contribution in [3.05, 3.63) is 91.0 Å². The highest BCUT2D eigenvalue weighted by atomic mass is 16.7. The molecule has 20 heteroatoms. The molecule has 0 radical (unpaired) electrons. The Labute approximate surface area is 672 Å². The van der Waals surface area contributed by atoms with Gasteiger partial charge in [-0.25, -0.2) is 19.2 Å². The zero-order chi connectivity index (χ0) is 79.1. The van der Waals surface area contributed by atoms with Crippen LogP contribution in [0.5, 0.6) is 46.0 Å². The van der Waals surface area contributed by atoms with E-state index in [1.54, 1.807) is 0 Å². The molecule has 0 aromatic heterocycles. The van der Waals surface area contributed by atoms with Gasteiger partial charge in [-0.3, -0.25) is 0 Å². The summed E-state index contributed by atoms with van der Waals surface area (Å²) < 4.78 is 58.0. The predicted molar refractivity (Wildman–Crippen MR) is 449 cm³/mol. The van der Waals surface area contributed by atoms with Crippen LogP contribution in [-0.2, 0) is 26.2 Å². The fourth-order valence-electron chi connectivity index (χ4n) is 17.3. The number of nitrogens with one attached hydrogen (secondary N) is 8. The number of ether oxygens (including phenoxy) is 8. The first-order chi connectivity index (χ1) is 55.0. The molecule has 4 heterocycles. The zero-order valence-corrected chi connectivity index (χ0v) is 70.3. The van der Waals surface area contributed by atoms with Gasteiger partial charge in [-0.05, 0) is 75.6 Å². The summed E-state index contributed by atoms with van der Waals surface area (Å²) in [4.78, 5) is 57.7. The SMILES string of the molecule is CCCCCCCCNC(=O)NCc1c2c3cc4c1OCOc1c(cc5c(c1CNC(=O)NCCCCCCCC)OCOc1c(cc6c(c1CNC(=O)NCCCCCCCC)OCOc1c(cc(c(c1CNC(=O)NCCCCCCCC)OCO2)C3CCCCC)C6CCCCC)C5CCCCC)C4CCCCC. The number of carbonyl (C=O) groups excluding carboxylic acids is 4. The third-order valence-electron chi connectivity index (χ3n) is 23.5. The maximum absolute atomic E-state index is 14.4. The second-order valence-electron chi connectivity index (χ2n) is 32.1. The predicted octanol–water partition coefficient (Wildman–Crippen LogP) is 22.4. The van der Waals surface area contributed by atoms with Gasteiger partial charge < -0.3 is 80.4 Å². The molecular weight excluding hydrogens is 1410 g/mol. The van der Waals surface area contributed by atoms with Crippen LogP contribution in [0.4, 0.5) is 19.2 Å². The van der Waals surface area contributed by atoms with Gasteiger partial charge in [-0.2, -0.15) is 0 Å². The number of rotatable bonds is 52. The molecule has 9 rings (SSSR count). The van der Waals surface area contributed by atoms with Crippen molar-refractivity contribution in [2.75, 3.05) is 53.4 Å². The summed E-state index contributed by atoms with van der Waals surface area (Å²) in [5, 5.41) is 26.1. The first kappa shape index (κ1) is 88.3. The monoisotopic (exact) mass is 1550 g/mol. The Morgan fingerprint density at radius 3 is 0.571 bits per heavy atom. The minimum Gasteiger partial charge on any atom is -0.457 e. The average molecular weight is 1550 g/mol. The van der Waals surface area contributed by atoms with E-state index in [1.165, 1.54) is 77.0 Å². The molecule has 5 aliphatic rings. The molecule has 0 spiro atoms. The minimum atomic E-state index is -0.383. The molecule has 8 amide bonds. The third-order valence-corrected chi connectivity index (χ3v) is 23.5. The van der Waals surface area contributed by atoms with Crippen molar-refractivity contribution in [1.29, 1.82) is 0 Å². The summed E-state index contributed by atoms with van der Waals surface area (Å²) in [6.45, 7) is 19.4. The van der Waals surface area contributed by atoms with Gasteiger partial charge >= 0.3 is 24.1 Å². The fraction of sp³-hybridized carbons (Fsp3) is 0.696. The Balaban J connectivity index is 1.36. The molecule has 8 N–H and O–H groups in total. The summed E-state index contributed by atoms with van der Waals surface area (Å²) in [7, 11) is 0. The molecule has 4 aromatic rings. The van der Waals surface area contributed by atoms with Gasteiger partial charge in [0.25, 0.3) is 0 Å². The first-order valence-electron chi connectivity index (χ1n) is 44.9. The highest BCUT2D eigenvalue weighted by Crippen LogP contribution is 2.59. The van der Waals surface area contributed by atoms with Crippen molar-refractivity contribution in [2.45, 2.75) is 362 Å². The summed E-state index contributed by atoms with van der Waals surface area (Å²) in [5.41, 5.74) is 10.3. The second kappa shape index (κ2) is 49.2. The van der Waals surface area contributed by atoms with Crippen LogP contribution >= 0.6 is 0 Å². The smallest absolute Gasteiger partial charge is 0.315 e. The Kier molecular flexibility index (Phi) is 38.8. The van der Waals surface area contributed by atoms with E-state index >= 15 is 0 Å². The fourth-order valence-corrected chi connectivity index (χ4v) is 17.3. The Morgan fingerprint density at radius 1 is 0.232 bits per heavy atom. The van der Waals surface area contributed by atoms with Crippen LogP contribution in [0, 0.1) is 0 Å². The zero-order valence-electron chi connectivity index (χ0n) is 70.3. The quantitative estimate of drug-likeness (QED) is 0.0193. The Hall–Kier alpha value is -7.64. The van der Waals surface area contributed by atoms with Crippen LogP contribution in [0.1, 0.15) is 403 Å². The van der Waals surface area contributed by atoms with Gasteiger partial charge in [-0.15, -0.1) is 0 Å². The number of urea groups is 4. The molecule has 4 aromatic carbocycles. The molecule has 0 fully saturated rings. The molecule has 20 nitrogen and oxygen atoms in total. The van der Waals surface area contributed by atoms with Gasteiger partial charge in [0, 0.05) is 94.4 Å². The van der Waals surface area contributed by atoms with Crippen LogP contribution in [0.15, 0.2) is 24.3 Å². The summed E-state index contributed by atoms with van der Waals surface area (Å²) >= 11 is 0.